The molecule has 4 aromatic rings. The number of aryl methyl sites for hydroxylation is 1. The first kappa shape index (κ1) is 22.3. The number of aromatic nitrogens is 3. The van der Waals surface area contributed by atoms with Gasteiger partial charge in [-0.3, -0.25) is 4.68 Å². The number of hydrogen-bond acceptors (Lipinski definition) is 6. The summed E-state index contributed by atoms with van der Waals surface area (Å²) in [5, 5.41) is 5.45. The van der Waals surface area contributed by atoms with Crippen molar-refractivity contribution in [3.8, 4) is 28.5 Å². The molecule has 2 aromatic carbocycles. The SMILES string of the molecule is [C-]#[N+]c1c(-c2ccc(Oc3cc(F)cc(OCc4cnc(C)s4)c3)cc2)nn(C(C)C)c1N. The maximum Gasteiger partial charge on any atom is 0.254 e. The van der Waals surface area contributed by atoms with E-state index in [1.165, 1.54) is 23.5 Å². The predicted octanol–water partition coefficient (Wildman–Crippen LogP) is 6.54. The Morgan fingerprint density at radius 3 is 2.52 bits per heavy atom. The number of halogens is 1. The Kier molecular flexibility index (Phi) is 6.29. The molecule has 2 aromatic heterocycles. The zero-order valence-corrected chi connectivity index (χ0v) is 19.2. The zero-order chi connectivity index (χ0) is 23.5. The van der Waals surface area contributed by atoms with Crippen LogP contribution in [0.15, 0.2) is 48.7 Å². The summed E-state index contributed by atoms with van der Waals surface area (Å²) in [5.41, 5.74) is 7.66. The van der Waals surface area contributed by atoms with Crippen molar-refractivity contribution in [3.63, 3.8) is 0 Å². The smallest absolute Gasteiger partial charge is 0.254 e. The molecular weight excluding hydrogens is 441 g/mol. The summed E-state index contributed by atoms with van der Waals surface area (Å²) in [5.74, 6) is 1.07. The Balaban J connectivity index is 1.51. The fourth-order valence-corrected chi connectivity index (χ4v) is 3.97. The van der Waals surface area contributed by atoms with E-state index in [9.17, 15) is 4.39 Å². The molecule has 0 bridgehead atoms. The van der Waals surface area contributed by atoms with Crippen LogP contribution in [0, 0.1) is 19.3 Å². The Hall–Kier alpha value is -3.90. The highest BCUT2D eigenvalue weighted by Gasteiger charge is 2.19. The van der Waals surface area contributed by atoms with Crippen molar-refractivity contribution in [3.05, 3.63) is 75.8 Å². The summed E-state index contributed by atoms with van der Waals surface area (Å²) in [6.07, 6.45) is 1.75. The van der Waals surface area contributed by atoms with Crippen LogP contribution in [0.4, 0.5) is 15.9 Å². The number of ether oxygens (including phenoxy) is 2. The van der Waals surface area contributed by atoms with Gasteiger partial charge in [-0.2, -0.15) is 5.10 Å². The van der Waals surface area contributed by atoms with E-state index in [0.29, 0.717) is 41.1 Å². The highest BCUT2D eigenvalue weighted by Crippen LogP contribution is 2.37. The molecule has 0 fully saturated rings. The Bertz CT molecular complexity index is 1320. The molecule has 0 aliphatic carbocycles. The van der Waals surface area contributed by atoms with E-state index >= 15 is 0 Å². The van der Waals surface area contributed by atoms with E-state index in [2.05, 4.69) is 14.9 Å². The van der Waals surface area contributed by atoms with Gasteiger partial charge in [-0.25, -0.2) is 14.2 Å². The van der Waals surface area contributed by atoms with E-state index in [4.69, 9.17) is 21.8 Å². The molecule has 9 heteroatoms. The number of nitrogen functional groups attached to an aromatic ring is 1. The van der Waals surface area contributed by atoms with Gasteiger partial charge in [0.25, 0.3) is 5.69 Å². The number of rotatable bonds is 7. The summed E-state index contributed by atoms with van der Waals surface area (Å²) in [6, 6.07) is 11.3. The first-order valence-electron chi connectivity index (χ1n) is 10.2. The van der Waals surface area contributed by atoms with Gasteiger partial charge in [-0.1, -0.05) is 12.1 Å². The van der Waals surface area contributed by atoms with Crippen molar-refractivity contribution in [1.29, 1.82) is 0 Å². The molecule has 7 nitrogen and oxygen atoms in total. The van der Waals surface area contributed by atoms with Gasteiger partial charge in [0.05, 0.1) is 16.5 Å². The summed E-state index contributed by atoms with van der Waals surface area (Å²) in [6.45, 7) is 13.6. The molecule has 2 N–H and O–H groups in total. The first-order chi connectivity index (χ1) is 15.8. The lowest BCUT2D eigenvalue weighted by molar-refractivity contribution is 0.306. The van der Waals surface area contributed by atoms with Crippen molar-refractivity contribution in [2.45, 2.75) is 33.4 Å². The number of anilines is 1. The summed E-state index contributed by atoms with van der Waals surface area (Å²) in [4.78, 5) is 8.69. The van der Waals surface area contributed by atoms with Crippen LogP contribution in [0.1, 0.15) is 29.8 Å². The third-order valence-electron chi connectivity index (χ3n) is 4.78. The number of nitrogens with two attached hydrogens (primary N) is 1. The average Bonchev–Trinajstić information content (AvgIpc) is 3.35. The average molecular weight is 464 g/mol. The van der Waals surface area contributed by atoms with Gasteiger partial charge in [-0.15, -0.1) is 11.3 Å². The monoisotopic (exact) mass is 463 g/mol. The summed E-state index contributed by atoms with van der Waals surface area (Å²) >= 11 is 1.53. The van der Waals surface area contributed by atoms with Crippen molar-refractivity contribution in [1.82, 2.24) is 14.8 Å². The lowest BCUT2D eigenvalue weighted by atomic mass is 10.1. The van der Waals surface area contributed by atoms with E-state index in [0.717, 1.165) is 15.4 Å². The van der Waals surface area contributed by atoms with Gasteiger partial charge in [0.2, 0.25) is 0 Å². The van der Waals surface area contributed by atoms with Gasteiger partial charge in [-0.05, 0) is 38.5 Å². The second-order valence-corrected chi connectivity index (χ2v) is 8.94. The van der Waals surface area contributed by atoms with E-state index in [-0.39, 0.29) is 6.04 Å². The zero-order valence-electron chi connectivity index (χ0n) is 18.4. The maximum absolute atomic E-state index is 14.1. The van der Waals surface area contributed by atoms with E-state index in [1.807, 2.05) is 20.8 Å². The van der Waals surface area contributed by atoms with Crippen LogP contribution in [-0.2, 0) is 6.61 Å². The molecular formula is C24H22FN5O2S. The third kappa shape index (κ3) is 4.96. The molecule has 0 unspecified atom stereocenters. The quantitative estimate of drug-likeness (QED) is 0.315. The molecule has 0 atom stereocenters. The molecule has 4 rings (SSSR count). The van der Waals surface area contributed by atoms with Crippen molar-refractivity contribution in [2.24, 2.45) is 0 Å². The lowest BCUT2D eigenvalue weighted by Crippen LogP contribution is -2.06. The summed E-state index contributed by atoms with van der Waals surface area (Å²) in [7, 11) is 0. The van der Waals surface area contributed by atoms with Crippen LogP contribution in [0.3, 0.4) is 0 Å². The highest BCUT2D eigenvalue weighted by molar-refractivity contribution is 7.11. The van der Waals surface area contributed by atoms with Crippen LogP contribution in [0.25, 0.3) is 16.1 Å². The predicted molar refractivity (Wildman–Crippen MR) is 126 cm³/mol. The van der Waals surface area contributed by atoms with Gasteiger partial charge >= 0.3 is 0 Å². The van der Waals surface area contributed by atoms with Crippen molar-refractivity contribution < 1.29 is 13.9 Å². The fourth-order valence-electron chi connectivity index (χ4n) is 3.26. The van der Waals surface area contributed by atoms with Gasteiger partial charge < -0.3 is 15.2 Å². The Morgan fingerprint density at radius 2 is 1.88 bits per heavy atom. The van der Waals surface area contributed by atoms with Gasteiger partial charge in [0, 0.05) is 30.4 Å². The molecule has 0 saturated heterocycles. The standard InChI is InChI=1S/C24H22FN5O2S/c1-14(2)30-24(26)23(27-4)22(29-30)16-5-7-18(8-6-16)32-20-10-17(25)9-19(11-20)31-13-21-12-28-15(3)33-21/h5-12,14H,13,26H2,1-3H3. The Morgan fingerprint density at radius 1 is 1.15 bits per heavy atom. The molecule has 33 heavy (non-hydrogen) atoms. The molecule has 0 radical (unpaired) electrons. The number of hydrogen-bond donors (Lipinski definition) is 1. The topological polar surface area (TPSA) is 79.5 Å². The second kappa shape index (κ2) is 9.30. The van der Waals surface area contributed by atoms with Crippen LogP contribution in [-0.4, -0.2) is 14.8 Å². The van der Waals surface area contributed by atoms with Crippen LogP contribution in [0.2, 0.25) is 0 Å². The number of nitrogens with zero attached hydrogens (tertiary/aromatic N) is 4. The first-order valence-corrected chi connectivity index (χ1v) is 11.0. The van der Waals surface area contributed by atoms with Crippen LogP contribution >= 0.6 is 11.3 Å². The molecule has 0 spiro atoms. The molecule has 168 valence electrons. The molecule has 0 aliphatic rings. The molecule has 2 heterocycles. The normalized spacial score (nSPS) is 10.9. The molecule has 0 saturated carbocycles. The maximum atomic E-state index is 14.1. The van der Waals surface area contributed by atoms with Crippen LogP contribution < -0.4 is 15.2 Å². The minimum atomic E-state index is -0.462. The second-order valence-electron chi connectivity index (χ2n) is 7.62. The van der Waals surface area contributed by atoms with Crippen LogP contribution in [0.5, 0.6) is 17.2 Å². The number of thiazole rings is 1. The fraction of sp³-hybridized carbons (Fsp3) is 0.208. The Labute approximate surface area is 195 Å². The van der Waals surface area contributed by atoms with E-state index < -0.39 is 5.82 Å². The lowest BCUT2D eigenvalue weighted by Gasteiger charge is -2.10. The molecule has 0 aliphatic heterocycles. The van der Waals surface area contributed by atoms with Crippen molar-refractivity contribution in [2.75, 3.05) is 5.73 Å². The van der Waals surface area contributed by atoms with Crippen molar-refractivity contribution >= 4 is 22.8 Å². The summed E-state index contributed by atoms with van der Waals surface area (Å²) < 4.78 is 27.3. The largest absolute Gasteiger partial charge is 0.488 e. The minimum absolute atomic E-state index is 0.0337. The minimum Gasteiger partial charge on any atom is -0.488 e. The van der Waals surface area contributed by atoms with Gasteiger partial charge in [0.1, 0.15) is 41.2 Å². The molecule has 0 amide bonds. The van der Waals surface area contributed by atoms with Gasteiger partial charge in [0.15, 0.2) is 0 Å². The highest BCUT2D eigenvalue weighted by atomic mass is 32.1. The number of benzene rings is 2. The van der Waals surface area contributed by atoms with E-state index in [1.54, 1.807) is 41.2 Å². The third-order valence-corrected chi connectivity index (χ3v) is 5.67.